The molecule has 3 rings (SSSR count). The summed E-state index contributed by atoms with van der Waals surface area (Å²) in [5.41, 5.74) is 14.5. The van der Waals surface area contributed by atoms with Gasteiger partial charge in [-0.15, -0.1) is 0 Å². The van der Waals surface area contributed by atoms with Gasteiger partial charge in [0.2, 0.25) is 0 Å². The molecule has 5 N–H and O–H groups in total. The van der Waals surface area contributed by atoms with Gasteiger partial charge in [-0.3, -0.25) is 0 Å². The van der Waals surface area contributed by atoms with E-state index in [9.17, 15) is 0 Å². The number of nitrogens with one attached hydrogen (secondary N) is 1. The molecule has 1 unspecified atom stereocenters. The molecule has 0 fully saturated rings. The number of hydrogen-bond acceptors (Lipinski definition) is 7. The maximum absolute atomic E-state index is 6.59. The predicted octanol–water partition coefficient (Wildman–Crippen LogP) is 2.26. The summed E-state index contributed by atoms with van der Waals surface area (Å²) in [6, 6.07) is 13.5. The summed E-state index contributed by atoms with van der Waals surface area (Å²) in [5.74, 6) is 2.42. The summed E-state index contributed by atoms with van der Waals surface area (Å²) in [6.45, 7) is 0. The molecule has 0 saturated heterocycles. The van der Waals surface area contributed by atoms with Crippen LogP contribution in [-0.4, -0.2) is 33.0 Å². The summed E-state index contributed by atoms with van der Waals surface area (Å²) < 4.78 is 16.0. The maximum atomic E-state index is 6.59. The van der Waals surface area contributed by atoms with E-state index in [1.807, 2.05) is 48.5 Å². The van der Waals surface area contributed by atoms with Crippen molar-refractivity contribution < 1.29 is 14.2 Å². The molecule has 0 bridgehead atoms. The smallest absolute Gasteiger partial charge is 0.195 e. The molecular weight excluding hydrogens is 356 g/mol. The molecule has 148 valence electrons. The van der Waals surface area contributed by atoms with Crippen molar-refractivity contribution in [3.05, 3.63) is 59.7 Å². The highest BCUT2D eigenvalue weighted by Crippen LogP contribution is 2.30. The van der Waals surface area contributed by atoms with E-state index in [0.29, 0.717) is 23.6 Å². The monoisotopic (exact) mass is 382 g/mol. The number of nitrogens with two attached hydrogens (primary N) is 2. The Labute approximate surface area is 165 Å². The number of aliphatic imine (C=N–C) groups is 1. The average Bonchev–Trinajstić information content (AvgIpc) is 2.71. The van der Waals surface area contributed by atoms with Crippen molar-refractivity contribution in [1.82, 2.24) is 5.32 Å². The molecular formula is C21H26N4O3. The van der Waals surface area contributed by atoms with Crippen molar-refractivity contribution >= 4 is 11.7 Å². The van der Waals surface area contributed by atoms with E-state index in [4.69, 9.17) is 25.7 Å². The Bertz CT molecular complexity index is 910. The van der Waals surface area contributed by atoms with Crippen LogP contribution >= 0.6 is 0 Å². The fourth-order valence-corrected chi connectivity index (χ4v) is 3.16. The zero-order chi connectivity index (χ0) is 20.1. The molecule has 1 aliphatic heterocycles. The Kier molecular flexibility index (Phi) is 5.75. The summed E-state index contributed by atoms with van der Waals surface area (Å²) in [5, 5.41) is 3.08. The largest absolute Gasteiger partial charge is 0.497 e. The highest BCUT2D eigenvalue weighted by Gasteiger charge is 2.27. The summed E-state index contributed by atoms with van der Waals surface area (Å²) >= 11 is 0. The third kappa shape index (κ3) is 4.37. The lowest BCUT2D eigenvalue weighted by molar-refractivity contribution is 0.354. The summed E-state index contributed by atoms with van der Waals surface area (Å²) in [4.78, 5) is 4.40. The van der Waals surface area contributed by atoms with Crippen molar-refractivity contribution in [1.29, 1.82) is 0 Å². The number of guanidine groups is 1. The lowest BCUT2D eigenvalue weighted by Crippen LogP contribution is -2.58. The molecule has 0 saturated carbocycles. The average molecular weight is 382 g/mol. The van der Waals surface area contributed by atoms with E-state index in [-0.39, 0.29) is 5.96 Å². The second kappa shape index (κ2) is 8.22. The molecule has 2 aromatic carbocycles. The fraction of sp³-hybridized carbons (Fsp3) is 0.286. The van der Waals surface area contributed by atoms with Gasteiger partial charge in [0.1, 0.15) is 11.4 Å². The predicted molar refractivity (Wildman–Crippen MR) is 111 cm³/mol. The molecule has 0 radical (unpaired) electrons. The second-order valence-electron chi connectivity index (χ2n) is 6.61. The van der Waals surface area contributed by atoms with Crippen LogP contribution in [0.1, 0.15) is 17.5 Å². The summed E-state index contributed by atoms with van der Waals surface area (Å²) in [7, 11) is 4.87. The molecule has 1 heterocycles. The standard InChI is InChI=1S/C21H26N4O3/c1-26-16-6-4-5-15(12-16)17-13-21(23,25-20(22)24-17)10-9-14-7-8-18(27-2)19(11-14)28-3/h4-8,11-13H,9-10,23H2,1-3H3,(H3,22,24,25). The quantitative estimate of drug-likeness (QED) is 0.679. The molecule has 0 aliphatic carbocycles. The number of methoxy groups -OCH3 is 3. The minimum absolute atomic E-state index is 0.287. The number of benzene rings is 2. The van der Waals surface area contributed by atoms with Gasteiger partial charge in [0.15, 0.2) is 17.5 Å². The first-order valence-corrected chi connectivity index (χ1v) is 8.96. The minimum Gasteiger partial charge on any atom is -0.497 e. The van der Waals surface area contributed by atoms with E-state index in [2.05, 4.69) is 10.3 Å². The van der Waals surface area contributed by atoms with Gasteiger partial charge in [0.25, 0.3) is 0 Å². The van der Waals surface area contributed by atoms with E-state index >= 15 is 0 Å². The van der Waals surface area contributed by atoms with Crippen LogP contribution < -0.4 is 31.0 Å². The van der Waals surface area contributed by atoms with Crippen LogP contribution in [0.3, 0.4) is 0 Å². The normalized spacial score (nSPS) is 18.6. The molecule has 7 nitrogen and oxygen atoms in total. The third-order valence-corrected chi connectivity index (χ3v) is 4.64. The van der Waals surface area contributed by atoms with Gasteiger partial charge in [-0.2, -0.15) is 0 Å². The Balaban J connectivity index is 1.81. The molecule has 1 aliphatic rings. The van der Waals surface area contributed by atoms with Gasteiger partial charge in [-0.05, 0) is 48.7 Å². The highest BCUT2D eigenvalue weighted by atomic mass is 16.5. The van der Waals surface area contributed by atoms with Crippen molar-refractivity contribution in [2.75, 3.05) is 21.3 Å². The molecule has 0 amide bonds. The highest BCUT2D eigenvalue weighted by molar-refractivity contribution is 5.88. The first-order chi connectivity index (χ1) is 13.5. The SMILES string of the molecule is COc1cccc(C2=CC(N)(CCc3ccc(OC)c(OC)c3)NC(N)=N2)c1. The molecule has 2 aromatic rings. The molecule has 28 heavy (non-hydrogen) atoms. The van der Waals surface area contributed by atoms with Crippen LogP contribution in [0.5, 0.6) is 17.2 Å². The topological polar surface area (TPSA) is 104 Å². The van der Waals surface area contributed by atoms with E-state index in [1.54, 1.807) is 21.3 Å². The van der Waals surface area contributed by atoms with Gasteiger partial charge in [0.05, 0.1) is 27.0 Å². The summed E-state index contributed by atoms with van der Waals surface area (Å²) in [6.07, 6.45) is 3.24. The van der Waals surface area contributed by atoms with Gasteiger partial charge in [-0.1, -0.05) is 18.2 Å². The number of ether oxygens (including phenoxy) is 3. The van der Waals surface area contributed by atoms with E-state index in [1.165, 1.54) is 0 Å². The zero-order valence-electron chi connectivity index (χ0n) is 16.4. The van der Waals surface area contributed by atoms with Crippen LogP contribution in [0.15, 0.2) is 53.5 Å². The van der Waals surface area contributed by atoms with Gasteiger partial charge >= 0.3 is 0 Å². The molecule has 0 aromatic heterocycles. The number of hydrogen-bond donors (Lipinski definition) is 3. The van der Waals surface area contributed by atoms with Crippen molar-refractivity contribution in [2.45, 2.75) is 18.5 Å². The molecule has 7 heteroatoms. The van der Waals surface area contributed by atoms with Crippen molar-refractivity contribution in [3.63, 3.8) is 0 Å². The molecule has 1 atom stereocenters. The third-order valence-electron chi connectivity index (χ3n) is 4.64. The van der Waals surface area contributed by atoms with E-state index in [0.717, 1.165) is 23.3 Å². The maximum Gasteiger partial charge on any atom is 0.195 e. The van der Waals surface area contributed by atoms with Crippen LogP contribution in [0.25, 0.3) is 5.70 Å². The number of aryl methyl sites for hydroxylation is 1. The number of nitrogens with zero attached hydrogens (tertiary/aromatic N) is 1. The second-order valence-corrected chi connectivity index (χ2v) is 6.61. The fourth-order valence-electron chi connectivity index (χ4n) is 3.16. The van der Waals surface area contributed by atoms with Crippen LogP contribution in [0.2, 0.25) is 0 Å². The van der Waals surface area contributed by atoms with Gasteiger partial charge < -0.3 is 31.0 Å². The van der Waals surface area contributed by atoms with Crippen molar-refractivity contribution in [3.8, 4) is 17.2 Å². The van der Waals surface area contributed by atoms with Gasteiger partial charge in [-0.25, -0.2) is 4.99 Å². The van der Waals surface area contributed by atoms with Crippen molar-refractivity contribution in [2.24, 2.45) is 16.5 Å². The van der Waals surface area contributed by atoms with E-state index < -0.39 is 5.66 Å². The van der Waals surface area contributed by atoms with Crippen LogP contribution in [0, 0.1) is 0 Å². The Morgan fingerprint density at radius 2 is 1.79 bits per heavy atom. The first-order valence-electron chi connectivity index (χ1n) is 8.96. The Morgan fingerprint density at radius 1 is 1.00 bits per heavy atom. The Morgan fingerprint density at radius 3 is 2.50 bits per heavy atom. The number of rotatable bonds is 7. The molecule has 0 spiro atoms. The van der Waals surface area contributed by atoms with Crippen LogP contribution in [0.4, 0.5) is 0 Å². The minimum atomic E-state index is -0.822. The first kappa shape index (κ1) is 19.6. The lowest BCUT2D eigenvalue weighted by Gasteiger charge is -2.32. The zero-order valence-corrected chi connectivity index (χ0v) is 16.4. The van der Waals surface area contributed by atoms with Gasteiger partial charge in [0, 0.05) is 5.56 Å². The Hall–Kier alpha value is -3.19. The lowest BCUT2D eigenvalue weighted by atomic mass is 9.96. The van der Waals surface area contributed by atoms with Crippen LogP contribution in [-0.2, 0) is 6.42 Å².